The number of thioether (sulfide) groups is 1. The molecule has 2 aliphatic rings. The summed E-state index contributed by atoms with van der Waals surface area (Å²) in [6.45, 7) is 6.50. The van der Waals surface area contributed by atoms with E-state index in [9.17, 15) is 9.59 Å². The zero-order valence-electron chi connectivity index (χ0n) is 15.9. The first kappa shape index (κ1) is 20.1. The fourth-order valence-corrected chi connectivity index (χ4v) is 4.62. The second-order valence-corrected chi connectivity index (χ2v) is 9.09. The molecule has 1 aromatic carbocycles. The summed E-state index contributed by atoms with van der Waals surface area (Å²) in [6, 6.07) is 8.05. The molecule has 0 aliphatic carbocycles. The van der Waals surface area contributed by atoms with E-state index in [0.717, 1.165) is 31.5 Å². The van der Waals surface area contributed by atoms with Crippen molar-refractivity contribution in [2.75, 3.05) is 19.6 Å². The van der Waals surface area contributed by atoms with Crippen LogP contribution in [0.25, 0.3) is 6.08 Å². The van der Waals surface area contributed by atoms with Gasteiger partial charge in [-0.05, 0) is 43.7 Å². The molecule has 0 radical (unpaired) electrons. The molecule has 0 spiro atoms. The molecule has 0 atom stereocenters. The number of carbonyl (C=O) groups excluding carboxylic acids is 2. The largest absolute Gasteiger partial charge is 0.343 e. The molecule has 2 amide bonds. The number of aryl methyl sites for hydroxylation is 1. The smallest absolute Gasteiger partial charge is 0.266 e. The van der Waals surface area contributed by atoms with E-state index in [2.05, 4.69) is 6.92 Å². The summed E-state index contributed by atoms with van der Waals surface area (Å²) in [4.78, 5) is 29.2. The first-order chi connectivity index (χ1) is 12.9. The maximum absolute atomic E-state index is 12.7. The van der Waals surface area contributed by atoms with Crippen molar-refractivity contribution in [1.82, 2.24) is 9.80 Å². The number of likely N-dealkylation sites (tertiary alicyclic amines) is 1. The van der Waals surface area contributed by atoms with Gasteiger partial charge < -0.3 is 4.90 Å². The average molecular weight is 403 g/mol. The van der Waals surface area contributed by atoms with Crippen LogP contribution in [0.4, 0.5) is 0 Å². The molecule has 2 saturated heterocycles. The van der Waals surface area contributed by atoms with E-state index in [4.69, 9.17) is 12.2 Å². The third kappa shape index (κ3) is 5.20. The van der Waals surface area contributed by atoms with Gasteiger partial charge in [-0.15, -0.1) is 0 Å². The minimum atomic E-state index is -0.0511. The molecule has 0 saturated carbocycles. The van der Waals surface area contributed by atoms with Gasteiger partial charge in [-0.2, -0.15) is 0 Å². The van der Waals surface area contributed by atoms with Gasteiger partial charge in [0.15, 0.2) is 0 Å². The average Bonchev–Trinajstić information content (AvgIpc) is 2.91. The van der Waals surface area contributed by atoms with Crippen molar-refractivity contribution in [2.45, 2.75) is 39.5 Å². The summed E-state index contributed by atoms with van der Waals surface area (Å²) in [5, 5.41) is 0. The highest BCUT2D eigenvalue weighted by molar-refractivity contribution is 8.26. The van der Waals surface area contributed by atoms with Crippen LogP contribution in [-0.2, 0) is 9.59 Å². The van der Waals surface area contributed by atoms with Gasteiger partial charge in [0.25, 0.3) is 5.91 Å². The Hall–Kier alpha value is -1.66. The zero-order chi connectivity index (χ0) is 19.4. The molecule has 6 heteroatoms. The van der Waals surface area contributed by atoms with Gasteiger partial charge in [0.05, 0.1) is 4.91 Å². The van der Waals surface area contributed by atoms with Crippen LogP contribution in [0.1, 0.15) is 43.7 Å². The number of hydrogen-bond acceptors (Lipinski definition) is 4. The number of carbonyl (C=O) groups is 2. The van der Waals surface area contributed by atoms with Crippen LogP contribution in [0.5, 0.6) is 0 Å². The van der Waals surface area contributed by atoms with Crippen molar-refractivity contribution in [1.29, 1.82) is 0 Å². The fraction of sp³-hybridized carbons (Fsp3) is 0.476. The van der Waals surface area contributed by atoms with Crippen molar-refractivity contribution in [3.05, 3.63) is 40.3 Å². The minimum Gasteiger partial charge on any atom is -0.343 e. The summed E-state index contributed by atoms with van der Waals surface area (Å²) < 4.78 is 0.581. The summed E-state index contributed by atoms with van der Waals surface area (Å²) >= 11 is 6.72. The molecule has 0 aromatic heterocycles. The van der Waals surface area contributed by atoms with Gasteiger partial charge in [0, 0.05) is 26.1 Å². The molecule has 2 aliphatic heterocycles. The first-order valence-corrected chi connectivity index (χ1v) is 10.8. The minimum absolute atomic E-state index is 0.0511. The first-order valence-electron chi connectivity index (χ1n) is 9.54. The van der Waals surface area contributed by atoms with E-state index in [0.29, 0.717) is 34.5 Å². The summed E-state index contributed by atoms with van der Waals surface area (Å²) in [7, 11) is 0. The van der Waals surface area contributed by atoms with Gasteiger partial charge in [-0.1, -0.05) is 60.7 Å². The van der Waals surface area contributed by atoms with Crippen molar-refractivity contribution >= 4 is 46.2 Å². The highest BCUT2D eigenvalue weighted by Crippen LogP contribution is 2.32. The monoisotopic (exact) mass is 402 g/mol. The molecule has 1 aromatic rings. The Morgan fingerprint density at radius 3 is 2.59 bits per heavy atom. The van der Waals surface area contributed by atoms with Crippen LogP contribution in [0.2, 0.25) is 0 Å². The van der Waals surface area contributed by atoms with E-state index in [-0.39, 0.29) is 11.8 Å². The lowest BCUT2D eigenvalue weighted by Gasteiger charge is -2.30. The normalized spacial score (nSPS) is 20.0. The molecule has 144 valence electrons. The number of hydrogen-bond donors (Lipinski definition) is 0. The Kier molecular flexibility index (Phi) is 6.71. The van der Waals surface area contributed by atoms with Crippen LogP contribution in [-0.4, -0.2) is 45.6 Å². The molecule has 2 fully saturated rings. The molecule has 0 unspecified atom stereocenters. The molecular weight excluding hydrogens is 376 g/mol. The van der Waals surface area contributed by atoms with Crippen LogP contribution < -0.4 is 0 Å². The number of thiocarbonyl (C=S) groups is 1. The van der Waals surface area contributed by atoms with Gasteiger partial charge in [-0.3, -0.25) is 14.5 Å². The fourth-order valence-electron chi connectivity index (χ4n) is 3.31. The Labute approximate surface area is 171 Å². The Morgan fingerprint density at radius 1 is 1.26 bits per heavy atom. The highest BCUT2D eigenvalue weighted by Gasteiger charge is 2.31. The third-order valence-corrected chi connectivity index (χ3v) is 6.54. The van der Waals surface area contributed by atoms with Crippen molar-refractivity contribution < 1.29 is 9.59 Å². The third-order valence-electron chi connectivity index (χ3n) is 5.16. The van der Waals surface area contributed by atoms with E-state index < -0.39 is 0 Å². The number of benzene rings is 1. The summed E-state index contributed by atoms with van der Waals surface area (Å²) in [5.74, 6) is 0.858. The quantitative estimate of drug-likeness (QED) is 0.546. The van der Waals surface area contributed by atoms with Crippen molar-refractivity contribution in [3.8, 4) is 0 Å². The second kappa shape index (κ2) is 9.02. The van der Waals surface area contributed by atoms with Crippen LogP contribution >= 0.6 is 24.0 Å². The zero-order valence-corrected chi connectivity index (χ0v) is 17.6. The molecular formula is C21H26N2O2S2. The van der Waals surface area contributed by atoms with Gasteiger partial charge >= 0.3 is 0 Å². The lowest BCUT2D eigenvalue weighted by molar-refractivity contribution is -0.133. The predicted octanol–water partition coefficient (Wildman–Crippen LogP) is 4.23. The Morgan fingerprint density at radius 2 is 1.93 bits per heavy atom. The molecule has 2 heterocycles. The molecule has 3 rings (SSSR count). The highest BCUT2D eigenvalue weighted by atomic mass is 32.2. The van der Waals surface area contributed by atoms with E-state index in [1.54, 1.807) is 4.90 Å². The number of nitrogens with zero attached hydrogens (tertiary/aromatic N) is 2. The maximum Gasteiger partial charge on any atom is 0.266 e. The topological polar surface area (TPSA) is 40.6 Å². The predicted molar refractivity (Wildman–Crippen MR) is 115 cm³/mol. The van der Waals surface area contributed by atoms with E-state index in [1.165, 1.54) is 17.3 Å². The van der Waals surface area contributed by atoms with Crippen molar-refractivity contribution in [3.63, 3.8) is 0 Å². The SMILES string of the molecule is Cc1ccc(/C=C2\SC(=S)N(CCCC(=O)N3CCC(C)CC3)C2=O)cc1. The number of piperidine rings is 1. The molecule has 0 N–H and O–H groups in total. The van der Waals surface area contributed by atoms with Crippen molar-refractivity contribution in [2.24, 2.45) is 5.92 Å². The maximum atomic E-state index is 12.7. The lowest BCUT2D eigenvalue weighted by Crippen LogP contribution is -2.38. The van der Waals surface area contributed by atoms with E-state index in [1.807, 2.05) is 42.2 Å². The molecule has 0 bridgehead atoms. The Balaban J connectivity index is 1.52. The molecule has 4 nitrogen and oxygen atoms in total. The van der Waals surface area contributed by atoms with Crippen LogP contribution in [0.3, 0.4) is 0 Å². The van der Waals surface area contributed by atoms with E-state index >= 15 is 0 Å². The van der Waals surface area contributed by atoms with Crippen LogP contribution in [0.15, 0.2) is 29.2 Å². The number of rotatable bonds is 5. The van der Waals surface area contributed by atoms with Crippen LogP contribution in [0, 0.1) is 12.8 Å². The lowest BCUT2D eigenvalue weighted by atomic mass is 9.99. The molecule has 27 heavy (non-hydrogen) atoms. The number of amides is 2. The standard InChI is InChI=1S/C21H26N2O2S2/c1-15-5-7-17(8-6-15)14-18-20(25)23(21(26)27-18)11-3-4-19(24)22-12-9-16(2)10-13-22/h5-8,14,16H,3-4,9-13H2,1-2H3/b18-14-. The van der Waals surface area contributed by atoms with Gasteiger partial charge in [-0.25, -0.2) is 0 Å². The summed E-state index contributed by atoms with van der Waals surface area (Å²) in [6.07, 6.45) is 5.19. The second-order valence-electron chi connectivity index (χ2n) is 7.41. The van der Waals surface area contributed by atoms with Gasteiger partial charge in [0.2, 0.25) is 5.91 Å². The Bertz CT molecular complexity index is 750. The summed E-state index contributed by atoms with van der Waals surface area (Å²) in [5.41, 5.74) is 2.18. The van der Waals surface area contributed by atoms with Gasteiger partial charge in [0.1, 0.15) is 4.32 Å².